The van der Waals surface area contributed by atoms with E-state index in [9.17, 15) is 19.2 Å². The van der Waals surface area contributed by atoms with Crippen molar-refractivity contribution in [3.63, 3.8) is 0 Å². The van der Waals surface area contributed by atoms with Gasteiger partial charge in [-0.15, -0.1) is 0 Å². The Morgan fingerprint density at radius 2 is 1.76 bits per heavy atom. The van der Waals surface area contributed by atoms with Gasteiger partial charge in [0.15, 0.2) is 0 Å². The van der Waals surface area contributed by atoms with Crippen LogP contribution in [0.2, 0.25) is 0 Å². The fraction of sp³-hybridized carbons (Fsp3) is 0.750. The number of nitrogens with zero attached hydrogens (tertiary/aromatic N) is 2. The molecule has 1 aromatic carbocycles. The quantitative estimate of drug-likeness (QED) is 0.296. The highest BCUT2D eigenvalue weighted by Crippen LogP contribution is 2.65. The largest absolute Gasteiger partial charge is 0.481 e. The van der Waals surface area contributed by atoms with Gasteiger partial charge in [0.1, 0.15) is 18.2 Å². The highest BCUT2D eigenvalue weighted by Gasteiger charge is 2.68. The average Bonchev–Trinajstić information content (AvgIpc) is 3.93. The zero-order valence-corrected chi connectivity index (χ0v) is 33.2. The molecule has 2 bridgehead atoms. The number of benzene rings is 1. The molecular formula is C40H60BN5O8. The minimum absolute atomic E-state index is 0.0163. The van der Waals surface area contributed by atoms with Crippen LogP contribution in [0.3, 0.4) is 0 Å². The van der Waals surface area contributed by atoms with Crippen molar-refractivity contribution in [3.8, 4) is 0 Å². The summed E-state index contributed by atoms with van der Waals surface area (Å²) in [6.45, 7) is 16.4. The summed E-state index contributed by atoms with van der Waals surface area (Å²) in [5.74, 6) is -0.239. The molecule has 296 valence electrons. The standard InChI is InChI=1S/C40H60BN5O8/c1-8-12-32(41-53-31-18-26-17-30(39(26,5)6)40(31,7)54-41)43-34(47)29-19-28(52-37(50)45-21-24-13-9-10-14-25(24)22-45)23-46(29)35(48)33(38(2,3)4)44-36(49)42-20-27-15-11-16-51-27/h9-10,13-14,26-33H,8,11-12,15-23H2,1-7H3,(H,43,47)(H2,42,44,49)/t26-,27+,28+,29-,30-,31+,32-,33+,40-/m0/s1. The highest BCUT2D eigenvalue weighted by molar-refractivity contribution is 6.48. The SMILES string of the molecule is CCC[C@H](NC(=O)[C@@H]1C[C@@H](OC(=O)N2Cc3ccccc3C2)CN1C(=O)[C@@H](NC(=O)NC[C@H]1CCCO1)C(C)(C)C)B1O[C@@H]2C[C@@H]3C[C@@H](C3(C)C)[C@]2(C)O1. The highest BCUT2D eigenvalue weighted by atomic mass is 16.7. The third kappa shape index (κ3) is 7.46. The molecule has 3 aliphatic carbocycles. The molecule has 7 aliphatic rings. The van der Waals surface area contributed by atoms with E-state index in [1.807, 2.05) is 45.0 Å². The number of urea groups is 1. The molecule has 54 heavy (non-hydrogen) atoms. The summed E-state index contributed by atoms with van der Waals surface area (Å²) in [5, 5.41) is 8.98. The van der Waals surface area contributed by atoms with Gasteiger partial charge < -0.3 is 39.6 Å². The van der Waals surface area contributed by atoms with Gasteiger partial charge in [0.25, 0.3) is 0 Å². The van der Waals surface area contributed by atoms with Crippen LogP contribution in [0.15, 0.2) is 24.3 Å². The van der Waals surface area contributed by atoms with E-state index in [0.29, 0.717) is 44.5 Å². The lowest BCUT2D eigenvalue weighted by molar-refractivity contribution is -0.199. The molecule has 14 heteroatoms. The maximum Gasteiger partial charge on any atom is 0.481 e. The normalized spacial score (nSPS) is 31.9. The number of nitrogens with one attached hydrogen (secondary N) is 3. The van der Waals surface area contributed by atoms with Crippen LogP contribution >= 0.6 is 0 Å². The monoisotopic (exact) mass is 749 g/mol. The van der Waals surface area contributed by atoms with Crippen molar-refractivity contribution >= 4 is 31.1 Å². The van der Waals surface area contributed by atoms with Crippen LogP contribution in [0.4, 0.5) is 9.59 Å². The Hall–Kier alpha value is -3.36. The number of carbonyl (C=O) groups is 4. The van der Waals surface area contributed by atoms with Gasteiger partial charge in [0.05, 0.1) is 30.3 Å². The molecule has 0 aromatic heterocycles. The summed E-state index contributed by atoms with van der Waals surface area (Å²) in [4.78, 5) is 58.9. The van der Waals surface area contributed by atoms with Gasteiger partial charge in [-0.1, -0.05) is 72.2 Å². The molecule has 4 aliphatic heterocycles. The molecule has 4 heterocycles. The van der Waals surface area contributed by atoms with Gasteiger partial charge in [0.2, 0.25) is 11.8 Å². The maximum absolute atomic E-state index is 14.6. The van der Waals surface area contributed by atoms with Crippen molar-refractivity contribution in [2.24, 2.45) is 22.7 Å². The van der Waals surface area contributed by atoms with Crippen LogP contribution in [0.25, 0.3) is 0 Å². The van der Waals surface area contributed by atoms with Crippen LogP contribution < -0.4 is 16.0 Å². The van der Waals surface area contributed by atoms with Gasteiger partial charge in [-0.3, -0.25) is 14.5 Å². The summed E-state index contributed by atoms with van der Waals surface area (Å²) in [6.07, 6.45) is 4.10. The predicted octanol–water partition coefficient (Wildman–Crippen LogP) is 4.55. The van der Waals surface area contributed by atoms with E-state index < -0.39 is 60.3 Å². The molecular weight excluding hydrogens is 689 g/mol. The molecule has 8 rings (SSSR count). The molecule has 0 spiro atoms. The molecule has 5 amide bonds. The predicted molar refractivity (Wildman–Crippen MR) is 202 cm³/mol. The van der Waals surface area contributed by atoms with E-state index in [-0.39, 0.29) is 36.5 Å². The van der Waals surface area contributed by atoms with E-state index in [4.69, 9.17) is 18.8 Å². The van der Waals surface area contributed by atoms with Crippen molar-refractivity contribution < 1.29 is 38.0 Å². The smallest absolute Gasteiger partial charge is 0.444 e. The third-order valence-corrected chi connectivity index (χ3v) is 13.3. The van der Waals surface area contributed by atoms with Crippen LogP contribution in [-0.4, -0.2) is 102 Å². The molecule has 0 unspecified atom stereocenters. The first-order valence-corrected chi connectivity index (χ1v) is 20.2. The first kappa shape index (κ1) is 38.9. The van der Waals surface area contributed by atoms with Crippen LogP contribution in [0.5, 0.6) is 0 Å². The molecule has 6 fully saturated rings. The molecule has 13 nitrogen and oxygen atoms in total. The van der Waals surface area contributed by atoms with Gasteiger partial charge >= 0.3 is 19.2 Å². The number of hydrogen-bond acceptors (Lipinski definition) is 8. The minimum Gasteiger partial charge on any atom is -0.444 e. The van der Waals surface area contributed by atoms with E-state index in [2.05, 4.69) is 43.6 Å². The first-order valence-electron chi connectivity index (χ1n) is 20.2. The van der Waals surface area contributed by atoms with Crippen molar-refractivity contribution in [1.29, 1.82) is 0 Å². The number of likely N-dealkylation sites (tertiary alicyclic amines) is 1. The number of ether oxygens (including phenoxy) is 2. The third-order valence-electron chi connectivity index (χ3n) is 13.3. The van der Waals surface area contributed by atoms with Crippen LogP contribution in [0, 0.1) is 22.7 Å². The molecule has 1 aromatic rings. The Morgan fingerprint density at radius 3 is 2.39 bits per heavy atom. The fourth-order valence-corrected chi connectivity index (χ4v) is 10.0. The van der Waals surface area contributed by atoms with Crippen molar-refractivity contribution in [3.05, 3.63) is 35.4 Å². The van der Waals surface area contributed by atoms with Gasteiger partial charge in [-0.25, -0.2) is 9.59 Å². The zero-order chi connectivity index (χ0) is 38.6. The Labute approximate surface area is 320 Å². The van der Waals surface area contributed by atoms with Gasteiger partial charge in [-0.2, -0.15) is 0 Å². The second-order valence-corrected chi connectivity index (χ2v) is 18.4. The number of hydrogen-bond donors (Lipinski definition) is 3. The zero-order valence-electron chi connectivity index (χ0n) is 33.2. The maximum atomic E-state index is 14.6. The second kappa shape index (κ2) is 15.0. The Bertz CT molecular complexity index is 1570. The second-order valence-electron chi connectivity index (χ2n) is 18.4. The van der Waals surface area contributed by atoms with Crippen molar-refractivity contribution in [1.82, 2.24) is 25.8 Å². The fourth-order valence-electron chi connectivity index (χ4n) is 10.0. The van der Waals surface area contributed by atoms with E-state index >= 15 is 0 Å². The van der Waals surface area contributed by atoms with E-state index in [1.165, 1.54) is 4.90 Å². The summed E-state index contributed by atoms with van der Waals surface area (Å²) in [7, 11) is -0.619. The minimum atomic E-state index is -0.967. The van der Waals surface area contributed by atoms with Crippen molar-refractivity contribution in [2.45, 2.75) is 148 Å². The summed E-state index contributed by atoms with van der Waals surface area (Å²) < 4.78 is 25.1. The van der Waals surface area contributed by atoms with E-state index in [1.54, 1.807) is 4.90 Å². The molecule has 3 saturated heterocycles. The number of carbonyl (C=O) groups excluding carboxylic acids is 4. The summed E-state index contributed by atoms with van der Waals surface area (Å²) in [5.41, 5.74) is 1.19. The Morgan fingerprint density at radius 1 is 1.04 bits per heavy atom. The molecule has 3 saturated carbocycles. The number of amides is 5. The molecule has 0 radical (unpaired) electrons. The number of rotatable bonds is 10. The lowest BCUT2D eigenvalue weighted by Crippen LogP contribution is -2.65. The topological polar surface area (TPSA) is 148 Å². The lowest BCUT2D eigenvalue weighted by Gasteiger charge is -2.64. The summed E-state index contributed by atoms with van der Waals surface area (Å²) in [6, 6.07) is 5.50. The van der Waals surface area contributed by atoms with Crippen LogP contribution in [-0.2, 0) is 41.5 Å². The summed E-state index contributed by atoms with van der Waals surface area (Å²) >= 11 is 0. The Balaban J connectivity index is 1.07. The van der Waals surface area contributed by atoms with E-state index in [0.717, 1.165) is 43.2 Å². The van der Waals surface area contributed by atoms with Gasteiger partial charge in [-0.05, 0) is 72.8 Å². The average molecular weight is 750 g/mol. The lowest BCUT2D eigenvalue weighted by atomic mass is 9.43. The first-order chi connectivity index (χ1) is 25.6. The van der Waals surface area contributed by atoms with Crippen molar-refractivity contribution in [2.75, 3.05) is 19.7 Å². The van der Waals surface area contributed by atoms with Crippen LogP contribution in [0.1, 0.15) is 105 Å². The van der Waals surface area contributed by atoms with Gasteiger partial charge in [0, 0.05) is 32.7 Å². The Kier molecular flexibility index (Phi) is 10.8. The number of fused-ring (bicyclic) bond motifs is 1. The molecule has 9 atom stereocenters. The molecule has 3 N–H and O–H groups in total.